The van der Waals surface area contributed by atoms with Crippen molar-refractivity contribution in [3.05, 3.63) is 0 Å². The molecule has 1 heteroatoms. The third-order valence-electron chi connectivity index (χ3n) is 3.23. The van der Waals surface area contributed by atoms with Gasteiger partial charge in [0.2, 0.25) is 0 Å². The van der Waals surface area contributed by atoms with Gasteiger partial charge in [-0.05, 0) is 30.6 Å². The lowest BCUT2D eigenvalue weighted by Crippen LogP contribution is -2.10. The predicted molar refractivity (Wildman–Crippen MR) is 79.7 cm³/mol. The number of alkyl halides is 1. The van der Waals surface area contributed by atoms with Gasteiger partial charge in [-0.25, -0.2) is 0 Å². The molecule has 0 saturated carbocycles. The second kappa shape index (κ2) is 8.83. The van der Waals surface area contributed by atoms with E-state index in [2.05, 4.69) is 57.2 Å². The zero-order valence-electron chi connectivity index (χ0n) is 11.2. The average Bonchev–Trinajstić information content (AvgIpc) is 2.09. The van der Waals surface area contributed by atoms with E-state index < -0.39 is 0 Å². The minimum absolute atomic E-state index is 0.848. The summed E-state index contributed by atoms with van der Waals surface area (Å²) in [5, 5.41) is 0. The van der Waals surface area contributed by atoms with Crippen LogP contribution in [0.25, 0.3) is 0 Å². The highest BCUT2D eigenvalue weighted by atomic mass is 127. The summed E-state index contributed by atoms with van der Waals surface area (Å²) in [7, 11) is 0. The molecule has 0 nitrogen and oxygen atoms in total. The first kappa shape index (κ1) is 15.7. The monoisotopic (exact) mass is 324 g/mol. The van der Waals surface area contributed by atoms with E-state index in [-0.39, 0.29) is 0 Å². The van der Waals surface area contributed by atoms with Crippen LogP contribution in [0.3, 0.4) is 0 Å². The van der Waals surface area contributed by atoms with Crippen molar-refractivity contribution in [1.82, 2.24) is 0 Å². The van der Waals surface area contributed by atoms with Gasteiger partial charge in [-0.1, -0.05) is 76.5 Å². The highest BCUT2D eigenvalue weighted by Crippen LogP contribution is 2.26. The number of hydrogen-bond acceptors (Lipinski definition) is 0. The first-order valence-corrected chi connectivity index (χ1v) is 7.82. The van der Waals surface area contributed by atoms with Crippen molar-refractivity contribution in [3.63, 3.8) is 0 Å². The van der Waals surface area contributed by atoms with E-state index in [0.29, 0.717) is 0 Å². The summed E-state index contributed by atoms with van der Waals surface area (Å²) in [6, 6.07) is 0. The first-order valence-electron chi connectivity index (χ1n) is 6.57. The topological polar surface area (TPSA) is 0 Å². The molecule has 0 aromatic carbocycles. The van der Waals surface area contributed by atoms with E-state index in [4.69, 9.17) is 0 Å². The van der Waals surface area contributed by atoms with Crippen LogP contribution in [0.15, 0.2) is 0 Å². The van der Waals surface area contributed by atoms with E-state index in [1.807, 2.05) is 0 Å². The Morgan fingerprint density at radius 1 is 0.800 bits per heavy atom. The molecule has 0 N–H and O–H groups in total. The van der Waals surface area contributed by atoms with Gasteiger partial charge < -0.3 is 0 Å². The zero-order chi connectivity index (χ0) is 11.8. The SMILES string of the molecule is CC(C)CCC(CCCC(C)I)C(C)C. The van der Waals surface area contributed by atoms with E-state index in [1.165, 1.54) is 32.1 Å². The van der Waals surface area contributed by atoms with Crippen LogP contribution in [-0.2, 0) is 0 Å². The predicted octanol–water partition coefficient (Wildman–Crippen LogP) is 5.69. The van der Waals surface area contributed by atoms with Gasteiger partial charge in [0.1, 0.15) is 0 Å². The third kappa shape index (κ3) is 9.65. The Morgan fingerprint density at radius 3 is 1.80 bits per heavy atom. The molecule has 0 saturated heterocycles. The Bertz CT molecular complexity index is 138. The van der Waals surface area contributed by atoms with Crippen LogP contribution in [-0.4, -0.2) is 3.92 Å². The van der Waals surface area contributed by atoms with Crippen molar-refractivity contribution >= 4 is 22.6 Å². The fourth-order valence-corrected chi connectivity index (χ4v) is 2.46. The summed E-state index contributed by atoms with van der Waals surface area (Å²) in [6.07, 6.45) is 7.10. The van der Waals surface area contributed by atoms with Crippen molar-refractivity contribution in [1.29, 1.82) is 0 Å². The molecule has 0 bridgehead atoms. The van der Waals surface area contributed by atoms with Gasteiger partial charge in [-0.15, -0.1) is 0 Å². The van der Waals surface area contributed by atoms with Crippen LogP contribution in [0.1, 0.15) is 66.7 Å². The zero-order valence-corrected chi connectivity index (χ0v) is 13.4. The summed E-state index contributed by atoms with van der Waals surface area (Å²) in [6.45, 7) is 11.8. The van der Waals surface area contributed by atoms with Crippen molar-refractivity contribution < 1.29 is 0 Å². The normalized spacial score (nSPS) is 16.0. The lowest BCUT2D eigenvalue weighted by Gasteiger charge is -2.22. The average molecular weight is 324 g/mol. The van der Waals surface area contributed by atoms with E-state index in [9.17, 15) is 0 Å². The Kier molecular flexibility index (Phi) is 9.26. The molecule has 0 aliphatic heterocycles. The highest BCUT2D eigenvalue weighted by molar-refractivity contribution is 14.1. The van der Waals surface area contributed by atoms with Crippen molar-refractivity contribution in [2.45, 2.75) is 70.6 Å². The molecule has 2 unspecified atom stereocenters. The molecule has 0 amide bonds. The molecular weight excluding hydrogens is 295 g/mol. The van der Waals surface area contributed by atoms with Crippen LogP contribution in [0.2, 0.25) is 0 Å². The van der Waals surface area contributed by atoms with Gasteiger partial charge in [-0.3, -0.25) is 0 Å². The minimum atomic E-state index is 0.848. The largest absolute Gasteiger partial charge is 0.0829 e. The summed E-state index contributed by atoms with van der Waals surface area (Å²) in [4.78, 5) is 0. The van der Waals surface area contributed by atoms with Crippen molar-refractivity contribution in [2.75, 3.05) is 0 Å². The quantitative estimate of drug-likeness (QED) is 0.397. The molecule has 0 radical (unpaired) electrons. The van der Waals surface area contributed by atoms with Gasteiger partial charge >= 0.3 is 0 Å². The summed E-state index contributed by atoms with van der Waals surface area (Å²) >= 11 is 2.54. The van der Waals surface area contributed by atoms with Gasteiger partial charge in [0.15, 0.2) is 0 Å². The van der Waals surface area contributed by atoms with Crippen LogP contribution in [0.5, 0.6) is 0 Å². The molecule has 0 aromatic heterocycles. The van der Waals surface area contributed by atoms with E-state index in [0.717, 1.165) is 21.7 Å². The third-order valence-corrected chi connectivity index (χ3v) is 3.86. The number of hydrogen-bond donors (Lipinski definition) is 0. The van der Waals surface area contributed by atoms with E-state index >= 15 is 0 Å². The van der Waals surface area contributed by atoms with Crippen molar-refractivity contribution in [3.8, 4) is 0 Å². The number of halogens is 1. The van der Waals surface area contributed by atoms with Crippen LogP contribution in [0, 0.1) is 17.8 Å². The molecule has 0 aromatic rings. The van der Waals surface area contributed by atoms with Gasteiger partial charge in [-0.2, -0.15) is 0 Å². The summed E-state index contributed by atoms with van der Waals surface area (Å²) < 4.78 is 0.848. The second-order valence-corrected chi connectivity index (χ2v) is 7.81. The maximum Gasteiger partial charge on any atom is 0.00813 e. The molecular formula is C14H29I. The Balaban J connectivity index is 3.73. The Labute approximate surface area is 111 Å². The number of rotatable bonds is 8. The minimum Gasteiger partial charge on any atom is -0.0829 e. The Hall–Kier alpha value is 0.730. The highest BCUT2D eigenvalue weighted by Gasteiger charge is 2.13. The van der Waals surface area contributed by atoms with Gasteiger partial charge in [0.25, 0.3) is 0 Å². The van der Waals surface area contributed by atoms with E-state index in [1.54, 1.807) is 0 Å². The molecule has 0 heterocycles. The molecule has 92 valence electrons. The first-order chi connectivity index (χ1) is 6.93. The lowest BCUT2D eigenvalue weighted by molar-refractivity contribution is 0.304. The maximum atomic E-state index is 2.54. The van der Waals surface area contributed by atoms with Crippen LogP contribution < -0.4 is 0 Å². The molecule has 0 fully saturated rings. The molecule has 0 rings (SSSR count). The van der Waals surface area contributed by atoms with Crippen molar-refractivity contribution in [2.24, 2.45) is 17.8 Å². The molecule has 0 spiro atoms. The Morgan fingerprint density at radius 2 is 1.40 bits per heavy atom. The standard InChI is InChI=1S/C14H29I/c1-11(2)9-10-14(12(3)4)8-6-7-13(5)15/h11-14H,6-10H2,1-5H3. The van der Waals surface area contributed by atoms with Crippen LogP contribution in [0.4, 0.5) is 0 Å². The molecule has 0 aliphatic carbocycles. The van der Waals surface area contributed by atoms with Crippen LogP contribution >= 0.6 is 22.6 Å². The van der Waals surface area contributed by atoms with Gasteiger partial charge in [0, 0.05) is 3.92 Å². The summed E-state index contributed by atoms with van der Waals surface area (Å²) in [5.74, 6) is 2.70. The molecule has 0 aliphatic rings. The fraction of sp³-hybridized carbons (Fsp3) is 1.00. The molecule has 15 heavy (non-hydrogen) atoms. The fourth-order valence-electron chi connectivity index (χ4n) is 2.02. The molecule has 2 atom stereocenters. The smallest absolute Gasteiger partial charge is 0.00813 e. The second-order valence-electron chi connectivity index (χ2n) is 5.69. The maximum absolute atomic E-state index is 2.54. The lowest BCUT2D eigenvalue weighted by atomic mass is 9.85. The van der Waals surface area contributed by atoms with Gasteiger partial charge in [0.05, 0.1) is 0 Å². The summed E-state index contributed by atoms with van der Waals surface area (Å²) in [5.41, 5.74) is 0.